The normalized spacial score (nSPS) is 11.1. The number of ether oxygens (including phenoxy) is 2. The van der Waals surface area contributed by atoms with Crippen molar-refractivity contribution in [2.24, 2.45) is 0 Å². The average Bonchev–Trinajstić information content (AvgIpc) is 3.15. The predicted molar refractivity (Wildman–Crippen MR) is 112 cm³/mol. The molecule has 1 aromatic heterocycles. The van der Waals surface area contributed by atoms with Gasteiger partial charge in [-0.1, -0.05) is 18.2 Å². The molecule has 0 fully saturated rings. The number of hydrogen-bond donors (Lipinski definition) is 2. The zero-order chi connectivity index (χ0) is 22.3. The van der Waals surface area contributed by atoms with Crippen molar-refractivity contribution >= 4 is 28.1 Å². The van der Waals surface area contributed by atoms with E-state index in [1.807, 2.05) is 24.3 Å². The Balaban J connectivity index is 1.46. The molecule has 2 aromatic carbocycles. The van der Waals surface area contributed by atoms with Crippen LogP contribution in [0.15, 0.2) is 53.9 Å². The Morgan fingerprint density at radius 1 is 1.13 bits per heavy atom. The average molecular weight is 451 g/mol. The molecular formula is C21H20F3N3O3S. The number of benzene rings is 2. The van der Waals surface area contributed by atoms with Crippen molar-refractivity contribution in [3.05, 3.63) is 65.2 Å². The van der Waals surface area contributed by atoms with Gasteiger partial charge in [0.1, 0.15) is 11.5 Å². The first kappa shape index (κ1) is 22.4. The second kappa shape index (κ2) is 10.2. The summed E-state index contributed by atoms with van der Waals surface area (Å²) in [4.78, 5) is 16.5. The number of alkyl halides is 3. The van der Waals surface area contributed by atoms with Crippen molar-refractivity contribution in [1.29, 1.82) is 0 Å². The monoisotopic (exact) mass is 451 g/mol. The Bertz CT molecular complexity index is 1010. The molecule has 0 aliphatic carbocycles. The Labute approximate surface area is 181 Å². The smallest absolute Gasteiger partial charge is 0.496 e. The van der Waals surface area contributed by atoms with Gasteiger partial charge in [0, 0.05) is 17.6 Å². The van der Waals surface area contributed by atoms with Gasteiger partial charge in [-0.25, -0.2) is 4.98 Å². The number of para-hydroxylation sites is 1. The second-order valence-electron chi connectivity index (χ2n) is 6.43. The number of carbonyl (C=O) groups is 1. The Morgan fingerprint density at radius 2 is 1.87 bits per heavy atom. The van der Waals surface area contributed by atoms with E-state index in [1.165, 1.54) is 35.6 Å². The second-order valence-corrected chi connectivity index (χ2v) is 7.29. The predicted octanol–water partition coefficient (Wildman–Crippen LogP) is 4.70. The fourth-order valence-electron chi connectivity index (χ4n) is 2.78. The Kier molecular flexibility index (Phi) is 7.35. The largest absolute Gasteiger partial charge is 0.573 e. The van der Waals surface area contributed by atoms with Crippen molar-refractivity contribution in [2.45, 2.75) is 19.2 Å². The number of halogens is 3. The van der Waals surface area contributed by atoms with Crippen LogP contribution < -0.4 is 20.1 Å². The van der Waals surface area contributed by atoms with Crippen LogP contribution in [0.5, 0.6) is 11.5 Å². The lowest BCUT2D eigenvalue weighted by atomic mass is 10.1. The molecule has 1 heterocycles. The van der Waals surface area contributed by atoms with Crippen molar-refractivity contribution in [3.63, 3.8) is 0 Å². The van der Waals surface area contributed by atoms with Crippen molar-refractivity contribution in [1.82, 2.24) is 10.3 Å². The van der Waals surface area contributed by atoms with E-state index in [0.29, 0.717) is 29.5 Å². The maximum Gasteiger partial charge on any atom is 0.573 e. The van der Waals surface area contributed by atoms with Gasteiger partial charge in [-0.05, 0) is 42.3 Å². The van der Waals surface area contributed by atoms with Crippen LogP contribution in [0.1, 0.15) is 11.3 Å². The minimum absolute atomic E-state index is 0.127. The summed E-state index contributed by atoms with van der Waals surface area (Å²) in [5, 5.41) is 8.13. The molecule has 10 heteroatoms. The summed E-state index contributed by atoms with van der Waals surface area (Å²) >= 11 is 1.30. The van der Waals surface area contributed by atoms with Crippen molar-refractivity contribution in [2.75, 3.05) is 19.0 Å². The quantitative estimate of drug-likeness (QED) is 0.494. The number of carbonyl (C=O) groups excluding carboxylic acids is 1. The summed E-state index contributed by atoms with van der Waals surface area (Å²) in [5.74, 6) is 0.327. The highest BCUT2D eigenvalue weighted by Crippen LogP contribution is 2.26. The fraction of sp³-hybridized carbons (Fsp3) is 0.238. The zero-order valence-corrected chi connectivity index (χ0v) is 17.3. The molecule has 0 aliphatic rings. The number of thiazole rings is 1. The molecule has 31 heavy (non-hydrogen) atoms. The highest BCUT2D eigenvalue weighted by molar-refractivity contribution is 7.13. The van der Waals surface area contributed by atoms with Gasteiger partial charge >= 0.3 is 6.36 Å². The Morgan fingerprint density at radius 3 is 2.58 bits per heavy atom. The standard InChI is InChI=1S/C21H20F3N3O3S/c1-29-18-5-3-2-4-14(18)10-11-25-19(28)12-16-13-31-20(27-16)26-15-6-8-17(9-7-15)30-21(22,23)24/h2-9,13H,10-12H2,1H3,(H,25,28)(H,26,27). The highest BCUT2D eigenvalue weighted by atomic mass is 32.1. The highest BCUT2D eigenvalue weighted by Gasteiger charge is 2.30. The van der Waals surface area contributed by atoms with Gasteiger partial charge in [0.15, 0.2) is 5.13 Å². The molecule has 3 rings (SSSR count). The number of aromatic nitrogens is 1. The number of anilines is 2. The maximum atomic E-state index is 12.2. The number of rotatable bonds is 9. The van der Waals surface area contributed by atoms with E-state index in [9.17, 15) is 18.0 Å². The molecule has 0 aliphatic heterocycles. The number of methoxy groups -OCH3 is 1. The van der Waals surface area contributed by atoms with Gasteiger partial charge in [-0.2, -0.15) is 0 Å². The van der Waals surface area contributed by atoms with E-state index in [0.717, 1.165) is 11.3 Å². The number of nitrogens with zero attached hydrogens (tertiary/aromatic N) is 1. The van der Waals surface area contributed by atoms with Crippen LogP contribution in [0.2, 0.25) is 0 Å². The van der Waals surface area contributed by atoms with E-state index in [4.69, 9.17) is 4.74 Å². The molecule has 6 nitrogen and oxygen atoms in total. The van der Waals surface area contributed by atoms with Crippen molar-refractivity contribution in [3.8, 4) is 11.5 Å². The topological polar surface area (TPSA) is 72.5 Å². The molecule has 1 amide bonds. The summed E-state index contributed by atoms with van der Waals surface area (Å²) in [6.45, 7) is 0.473. The summed E-state index contributed by atoms with van der Waals surface area (Å²) < 4.78 is 45.8. The van der Waals surface area contributed by atoms with E-state index in [2.05, 4.69) is 20.4 Å². The third-order valence-electron chi connectivity index (χ3n) is 4.14. The molecule has 0 saturated heterocycles. The molecule has 0 atom stereocenters. The van der Waals surface area contributed by atoms with Gasteiger partial charge in [0.2, 0.25) is 5.91 Å². The molecular weight excluding hydrogens is 431 g/mol. The molecule has 0 bridgehead atoms. The van der Waals surface area contributed by atoms with E-state index < -0.39 is 6.36 Å². The summed E-state index contributed by atoms with van der Waals surface area (Å²) in [6, 6.07) is 12.9. The first-order chi connectivity index (χ1) is 14.8. The summed E-state index contributed by atoms with van der Waals surface area (Å²) in [7, 11) is 1.61. The number of amides is 1. The van der Waals surface area contributed by atoms with E-state index in [-0.39, 0.29) is 18.1 Å². The molecule has 0 saturated carbocycles. The minimum atomic E-state index is -4.73. The van der Waals surface area contributed by atoms with Crippen LogP contribution in [0.25, 0.3) is 0 Å². The fourth-order valence-corrected chi connectivity index (χ4v) is 3.51. The number of hydrogen-bond acceptors (Lipinski definition) is 6. The van der Waals surface area contributed by atoms with Crippen LogP contribution in [-0.2, 0) is 17.6 Å². The van der Waals surface area contributed by atoms with Crippen LogP contribution in [-0.4, -0.2) is 30.9 Å². The molecule has 2 N–H and O–H groups in total. The third kappa shape index (κ3) is 7.18. The molecule has 3 aromatic rings. The van der Waals surface area contributed by atoms with Gasteiger partial charge in [-0.3, -0.25) is 4.79 Å². The first-order valence-electron chi connectivity index (χ1n) is 9.28. The van der Waals surface area contributed by atoms with E-state index >= 15 is 0 Å². The lowest BCUT2D eigenvalue weighted by Crippen LogP contribution is -2.27. The van der Waals surface area contributed by atoms with Crippen LogP contribution >= 0.6 is 11.3 Å². The van der Waals surface area contributed by atoms with Gasteiger partial charge in [-0.15, -0.1) is 24.5 Å². The minimum Gasteiger partial charge on any atom is -0.496 e. The van der Waals surface area contributed by atoms with Crippen LogP contribution in [0.3, 0.4) is 0 Å². The third-order valence-corrected chi connectivity index (χ3v) is 4.95. The SMILES string of the molecule is COc1ccccc1CCNC(=O)Cc1csc(Nc2ccc(OC(F)(F)F)cc2)n1. The molecule has 0 spiro atoms. The molecule has 164 valence electrons. The van der Waals surface area contributed by atoms with Crippen molar-refractivity contribution < 1.29 is 27.4 Å². The van der Waals surface area contributed by atoms with Gasteiger partial charge in [0.05, 0.1) is 19.2 Å². The zero-order valence-electron chi connectivity index (χ0n) is 16.5. The van der Waals surface area contributed by atoms with Gasteiger partial charge in [0.25, 0.3) is 0 Å². The lowest BCUT2D eigenvalue weighted by molar-refractivity contribution is -0.274. The molecule has 0 unspecified atom stereocenters. The summed E-state index contributed by atoms with van der Waals surface area (Å²) in [6.07, 6.45) is -3.96. The maximum absolute atomic E-state index is 12.2. The number of nitrogens with one attached hydrogen (secondary N) is 2. The first-order valence-corrected chi connectivity index (χ1v) is 10.2. The van der Waals surface area contributed by atoms with E-state index in [1.54, 1.807) is 12.5 Å². The summed E-state index contributed by atoms with van der Waals surface area (Å²) in [5.41, 5.74) is 2.16. The lowest BCUT2D eigenvalue weighted by Gasteiger charge is -2.09. The Hall–Kier alpha value is -3.27. The molecule has 0 radical (unpaired) electrons. The van der Waals surface area contributed by atoms with Crippen LogP contribution in [0, 0.1) is 0 Å². The van der Waals surface area contributed by atoms with Crippen LogP contribution in [0.4, 0.5) is 24.0 Å². The van der Waals surface area contributed by atoms with Gasteiger partial charge < -0.3 is 20.1 Å².